The molecule has 0 saturated carbocycles. The summed E-state index contributed by atoms with van der Waals surface area (Å²) < 4.78 is 0. The lowest BCUT2D eigenvalue weighted by molar-refractivity contribution is -0.121. The maximum atomic E-state index is 11.7. The van der Waals surface area contributed by atoms with Gasteiger partial charge in [0.1, 0.15) is 0 Å². The highest BCUT2D eigenvalue weighted by Gasteiger charge is 2.18. The van der Waals surface area contributed by atoms with Gasteiger partial charge in [-0.3, -0.25) is 15.0 Å². The molecule has 1 saturated heterocycles. The van der Waals surface area contributed by atoms with Crippen molar-refractivity contribution < 1.29 is 9.59 Å². The average Bonchev–Trinajstić information content (AvgIpc) is 2.54. The Morgan fingerprint density at radius 3 is 2.40 bits per heavy atom. The van der Waals surface area contributed by atoms with Crippen molar-refractivity contribution in [1.29, 1.82) is 0 Å². The number of carbonyl (C=O) groups excluding carboxylic acids is 2. The summed E-state index contributed by atoms with van der Waals surface area (Å²) in [7, 11) is 0. The number of rotatable bonds is 5. The molecule has 1 heterocycles. The van der Waals surface area contributed by atoms with Crippen LogP contribution in [0.15, 0.2) is 0 Å². The van der Waals surface area contributed by atoms with E-state index in [-0.39, 0.29) is 5.91 Å². The molecule has 0 atom stereocenters. The quantitative estimate of drug-likeness (QED) is 0.771. The molecule has 1 aliphatic heterocycles. The molecule has 20 heavy (non-hydrogen) atoms. The summed E-state index contributed by atoms with van der Waals surface area (Å²) in [5.74, 6) is 0.441. The summed E-state index contributed by atoms with van der Waals surface area (Å²) >= 11 is 0. The van der Waals surface area contributed by atoms with Gasteiger partial charge in [-0.15, -0.1) is 0 Å². The number of hydrogen-bond donors (Lipinski definition) is 2. The van der Waals surface area contributed by atoms with Crippen LogP contribution in [-0.4, -0.2) is 67.6 Å². The Bertz CT molecular complexity index is 320. The van der Waals surface area contributed by atoms with Gasteiger partial charge in [0.25, 0.3) is 0 Å². The largest absolute Gasteiger partial charge is 0.338 e. The van der Waals surface area contributed by atoms with Gasteiger partial charge in [-0.25, -0.2) is 4.79 Å². The fourth-order valence-electron chi connectivity index (χ4n) is 2.46. The molecule has 6 heteroatoms. The van der Waals surface area contributed by atoms with E-state index >= 15 is 0 Å². The van der Waals surface area contributed by atoms with Gasteiger partial charge in [0.05, 0.1) is 6.54 Å². The summed E-state index contributed by atoms with van der Waals surface area (Å²) in [5.41, 5.74) is 0. The lowest BCUT2D eigenvalue weighted by Gasteiger charge is -2.22. The Labute approximate surface area is 121 Å². The highest BCUT2D eigenvalue weighted by atomic mass is 16.2. The van der Waals surface area contributed by atoms with Gasteiger partial charge < -0.3 is 10.2 Å². The minimum atomic E-state index is -0.409. The van der Waals surface area contributed by atoms with Gasteiger partial charge in [-0.2, -0.15) is 0 Å². The standard InChI is InChI=1S/C14H28N4O2/c1-4-15-14(20)16-13(19)11-18-7-5-6-17(8-9-18)10-12(2)3/h12H,4-11H2,1-3H3,(H2,15,16,19,20). The maximum absolute atomic E-state index is 11.7. The predicted molar refractivity (Wildman–Crippen MR) is 79.6 cm³/mol. The van der Waals surface area contributed by atoms with Crippen LogP contribution in [0.25, 0.3) is 0 Å². The van der Waals surface area contributed by atoms with Crippen molar-refractivity contribution in [2.75, 3.05) is 45.8 Å². The minimum Gasteiger partial charge on any atom is -0.338 e. The molecule has 0 aliphatic carbocycles. The molecular formula is C14H28N4O2. The summed E-state index contributed by atoms with van der Waals surface area (Å²) in [6.07, 6.45) is 1.07. The van der Waals surface area contributed by atoms with E-state index in [2.05, 4.69) is 34.3 Å². The lowest BCUT2D eigenvalue weighted by atomic mass is 10.2. The summed E-state index contributed by atoms with van der Waals surface area (Å²) in [5, 5.41) is 4.90. The zero-order valence-electron chi connectivity index (χ0n) is 12.9. The minimum absolute atomic E-state index is 0.228. The van der Waals surface area contributed by atoms with Gasteiger partial charge in [0, 0.05) is 26.2 Å². The third-order valence-corrected chi connectivity index (χ3v) is 3.26. The van der Waals surface area contributed by atoms with Crippen molar-refractivity contribution >= 4 is 11.9 Å². The molecule has 0 aromatic carbocycles. The second kappa shape index (κ2) is 8.92. The summed E-state index contributed by atoms with van der Waals surface area (Å²) in [6.45, 7) is 12.1. The third kappa shape index (κ3) is 6.86. The third-order valence-electron chi connectivity index (χ3n) is 3.26. The van der Waals surface area contributed by atoms with Crippen LogP contribution in [-0.2, 0) is 4.79 Å². The van der Waals surface area contributed by atoms with Crippen molar-refractivity contribution in [1.82, 2.24) is 20.4 Å². The van der Waals surface area contributed by atoms with Crippen LogP contribution in [0.3, 0.4) is 0 Å². The first-order chi connectivity index (χ1) is 9.51. The first-order valence-electron chi connectivity index (χ1n) is 7.53. The number of nitrogens with one attached hydrogen (secondary N) is 2. The Balaban J connectivity index is 2.30. The number of hydrogen-bond acceptors (Lipinski definition) is 4. The number of nitrogens with zero attached hydrogens (tertiary/aromatic N) is 2. The van der Waals surface area contributed by atoms with Gasteiger partial charge in [-0.1, -0.05) is 13.8 Å². The maximum Gasteiger partial charge on any atom is 0.321 e. The van der Waals surface area contributed by atoms with E-state index < -0.39 is 6.03 Å². The zero-order valence-corrected chi connectivity index (χ0v) is 12.9. The van der Waals surface area contributed by atoms with E-state index in [1.807, 2.05) is 6.92 Å². The van der Waals surface area contributed by atoms with Crippen molar-refractivity contribution in [2.45, 2.75) is 27.2 Å². The van der Waals surface area contributed by atoms with Crippen molar-refractivity contribution in [2.24, 2.45) is 5.92 Å². The fourth-order valence-corrected chi connectivity index (χ4v) is 2.46. The molecule has 0 radical (unpaired) electrons. The highest BCUT2D eigenvalue weighted by Crippen LogP contribution is 2.05. The fraction of sp³-hybridized carbons (Fsp3) is 0.857. The molecule has 0 aromatic rings. The molecule has 2 N–H and O–H groups in total. The summed E-state index contributed by atoms with van der Waals surface area (Å²) in [4.78, 5) is 27.6. The molecule has 0 spiro atoms. The van der Waals surface area contributed by atoms with Crippen LogP contribution in [0.2, 0.25) is 0 Å². The molecule has 116 valence electrons. The van der Waals surface area contributed by atoms with Crippen LogP contribution >= 0.6 is 0 Å². The van der Waals surface area contributed by atoms with Crippen molar-refractivity contribution in [3.8, 4) is 0 Å². The topological polar surface area (TPSA) is 64.7 Å². The molecule has 6 nitrogen and oxygen atoms in total. The Kier molecular flexibility index (Phi) is 7.54. The number of amides is 3. The molecule has 0 aromatic heterocycles. The second-order valence-electron chi connectivity index (χ2n) is 5.73. The van der Waals surface area contributed by atoms with E-state index in [0.29, 0.717) is 19.0 Å². The molecule has 1 rings (SSSR count). The SMILES string of the molecule is CCNC(=O)NC(=O)CN1CCCN(CC(C)C)CC1. The first-order valence-corrected chi connectivity index (χ1v) is 7.53. The van der Waals surface area contributed by atoms with Crippen LogP contribution in [0.5, 0.6) is 0 Å². The molecule has 1 fully saturated rings. The van der Waals surface area contributed by atoms with E-state index in [9.17, 15) is 9.59 Å². The monoisotopic (exact) mass is 284 g/mol. The van der Waals surface area contributed by atoms with Crippen molar-refractivity contribution in [3.05, 3.63) is 0 Å². The van der Waals surface area contributed by atoms with Crippen molar-refractivity contribution in [3.63, 3.8) is 0 Å². The van der Waals surface area contributed by atoms with Gasteiger partial charge in [-0.05, 0) is 32.4 Å². The van der Waals surface area contributed by atoms with E-state index in [1.165, 1.54) is 0 Å². The van der Waals surface area contributed by atoms with Crippen LogP contribution in [0, 0.1) is 5.92 Å². The molecule has 0 unspecified atom stereocenters. The zero-order chi connectivity index (χ0) is 15.0. The number of imide groups is 1. The van der Waals surface area contributed by atoms with Crippen LogP contribution in [0.1, 0.15) is 27.2 Å². The van der Waals surface area contributed by atoms with Gasteiger partial charge in [0.2, 0.25) is 5.91 Å². The molecule has 1 aliphatic rings. The second-order valence-corrected chi connectivity index (χ2v) is 5.73. The average molecular weight is 284 g/mol. The van der Waals surface area contributed by atoms with Crippen LogP contribution < -0.4 is 10.6 Å². The predicted octanol–water partition coefficient (Wildman–Crippen LogP) is 0.496. The molecule has 0 bridgehead atoms. The molecular weight excluding hydrogens is 256 g/mol. The van der Waals surface area contributed by atoms with E-state index in [1.54, 1.807) is 0 Å². The van der Waals surface area contributed by atoms with E-state index in [4.69, 9.17) is 0 Å². The Morgan fingerprint density at radius 1 is 1.10 bits per heavy atom. The first kappa shape index (κ1) is 16.9. The number of carbonyl (C=O) groups is 2. The van der Waals surface area contributed by atoms with Gasteiger partial charge >= 0.3 is 6.03 Å². The summed E-state index contributed by atoms with van der Waals surface area (Å²) in [6, 6.07) is -0.409. The smallest absolute Gasteiger partial charge is 0.321 e. The lowest BCUT2D eigenvalue weighted by Crippen LogP contribution is -2.45. The Morgan fingerprint density at radius 2 is 1.75 bits per heavy atom. The van der Waals surface area contributed by atoms with E-state index in [0.717, 1.165) is 39.1 Å². The Hall–Kier alpha value is -1.14. The molecule has 3 amide bonds. The van der Waals surface area contributed by atoms with Crippen LogP contribution in [0.4, 0.5) is 4.79 Å². The highest BCUT2D eigenvalue weighted by molar-refractivity contribution is 5.95. The van der Waals surface area contributed by atoms with Gasteiger partial charge in [0.15, 0.2) is 0 Å². The number of urea groups is 1. The normalized spacial score (nSPS) is 17.8.